The van der Waals surface area contributed by atoms with Crippen LogP contribution in [-0.2, 0) is 0 Å². The standard InChI is InChI=1S/C22H29N3O3/c1-15-5-7-17(8-6-15)19(25(3)4)14-23-22(26)24-16(2)18-9-10-20-21(13-18)28-12-11-27-20/h5-10,13,16,19H,11-12,14H2,1-4H3,(H2,23,24,26). The van der Waals surface area contributed by atoms with Crippen molar-refractivity contribution in [3.63, 3.8) is 0 Å². The Morgan fingerprint density at radius 1 is 1.04 bits per heavy atom. The van der Waals surface area contributed by atoms with Gasteiger partial charge in [-0.2, -0.15) is 0 Å². The van der Waals surface area contributed by atoms with Gasteiger partial charge in [-0.3, -0.25) is 0 Å². The lowest BCUT2D eigenvalue weighted by atomic mass is 10.0. The lowest BCUT2D eigenvalue weighted by molar-refractivity contribution is 0.171. The molecule has 2 unspecified atom stereocenters. The fourth-order valence-electron chi connectivity index (χ4n) is 3.24. The van der Waals surface area contributed by atoms with Gasteiger partial charge in [-0.1, -0.05) is 35.9 Å². The largest absolute Gasteiger partial charge is 0.486 e. The van der Waals surface area contributed by atoms with Crippen molar-refractivity contribution in [3.05, 3.63) is 59.2 Å². The predicted molar refractivity (Wildman–Crippen MR) is 110 cm³/mol. The third-order valence-electron chi connectivity index (χ3n) is 4.96. The molecule has 2 N–H and O–H groups in total. The van der Waals surface area contributed by atoms with E-state index in [4.69, 9.17) is 9.47 Å². The van der Waals surface area contributed by atoms with Gasteiger partial charge in [-0.25, -0.2) is 4.79 Å². The number of hydrogen-bond acceptors (Lipinski definition) is 4. The molecule has 2 atom stereocenters. The first-order valence-corrected chi connectivity index (χ1v) is 9.61. The number of hydrogen-bond donors (Lipinski definition) is 2. The molecule has 2 aromatic carbocycles. The molecular formula is C22H29N3O3. The van der Waals surface area contributed by atoms with Crippen LogP contribution in [0, 0.1) is 6.92 Å². The summed E-state index contributed by atoms with van der Waals surface area (Å²) in [5, 5.41) is 5.99. The highest BCUT2D eigenvalue weighted by Gasteiger charge is 2.18. The van der Waals surface area contributed by atoms with Crippen LogP contribution >= 0.6 is 0 Å². The van der Waals surface area contributed by atoms with Crippen LogP contribution in [0.15, 0.2) is 42.5 Å². The summed E-state index contributed by atoms with van der Waals surface area (Å²) in [5.74, 6) is 1.48. The van der Waals surface area contributed by atoms with Crippen molar-refractivity contribution >= 4 is 6.03 Å². The lowest BCUT2D eigenvalue weighted by Gasteiger charge is -2.26. The van der Waals surface area contributed by atoms with E-state index >= 15 is 0 Å². The first kappa shape index (κ1) is 20.0. The number of amides is 2. The van der Waals surface area contributed by atoms with E-state index in [1.54, 1.807) is 0 Å². The van der Waals surface area contributed by atoms with Crippen LogP contribution in [0.2, 0.25) is 0 Å². The molecule has 0 fully saturated rings. The van der Waals surface area contributed by atoms with Crippen LogP contribution in [0.5, 0.6) is 11.5 Å². The molecule has 2 amide bonds. The third-order valence-corrected chi connectivity index (χ3v) is 4.96. The van der Waals surface area contributed by atoms with Crippen molar-refractivity contribution in [2.45, 2.75) is 25.9 Å². The van der Waals surface area contributed by atoms with Gasteiger partial charge in [-0.05, 0) is 51.2 Å². The normalized spacial score (nSPS) is 15.0. The number of benzene rings is 2. The Hall–Kier alpha value is -2.73. The minimum atomic E-state index is -0.193. The fourth-order valence-corrected chi connectivity index (χ4v) is 3.24. The lowest BCUT2D eigenvalue weighted by Crippen LogP contribution is -2.41. The van der Waals surface area contributed by atoms with Gasteiger partial charge in [0, 0.05) is 6.54 Å². The Bertz CT molecular complexity index is 805. The minimum absolute atomic E-state index is 0.107. The average Bonchev–Trinajstić information content (AvgIpc) is 2.68. The van der Waals surface area contributed by atoms with Crippen molar-refractivity contribution < 1.29 is 14.3 Å². The summed E-state index contributed by atoms with van der Waals surface area (Å²) in [5.41, 5.74) is 3.37. The first-order chi connectivity index (χ1) is 13.4. The number of ether oxygens (including phenoxy) is 2. The summed E-state index contributed by atoms with van der Waals surface area (Å²) in [6, 6.07) is 13.9. The number of nitrogens with one attached hydrogen (secondary N) is 2. The topological polar surface area (TPSA) is 62.8 Å². The highest BCUT2D eigenvalue weighted by atomic mass is 16.6. The van der Waals surface area contributed by atoms with Crippen molar-refractivity contribution in [2.24, 2.45) is 0 Å². The highest BCUT2D eigenvalue weighted by Crippen LogP contribution is 2.32. The molecule has 0 saturated carbocycles. The fraction of sp³-hybridized carbons (Fsp3) is 0.409. The average molecular weight is 383 g/mol. The van der Waals surface area contributed by atoms with E-state index in [1.165, 1.54) is 11.1 Å². The van der Waals surface area contributed by atoms with Gasteiger partial charge >= 0.3 is 6.03 Å². The Morgan fingerprint density at radius 2 is 1.68 bits per heavy atom. The molecule has 1 aliphatic heterocycles. The van der Waals surface area contributed by atoms with Crippen LogP contribution in [0.1, 0.15) is 35.7 Å². The maximum absolute atomic E-state index is 12.4. The number of carbonyl (C=O) groups is 1. The molecule has 6 heteroatoms. The van der Waals surface area contributed by atoms with Gasteiger partial charge in [0.25, 0.3) is 0 Å². The highest BCUT2D eigenvalue weighted by molar-refractivity contribution is 5.74. The Morgan fingerprint density at radius 3 is 2.36 bits per heavy atom. The zero-order valence-corrected chi connectivity index (χ0v) is 17.0. The molecule has 1 heterocycles. The van der Waals surface area contributed by atoms with Crippen LogP contribution in [0.4, 0.5) is 4.79 Å². The second-order valence-corrected chi connectivity index (χ2v) is 7.37. The number of fused-ring (bicyclic) bond motifs is 1. The van der Waals surface area contributed by atoms with E-state index in [9.17, 15) is 4.79 Å². The molecule has 0 saturated heterocycles. The van der Waals surface area contributed by atoms with Gasteiger partial charge in [0.1, 0.15) is 13.2 Å². The second-order valence-electron chi connectivity index (χ2n) is 7.37. The van der Waals surface area contributed by atoms with Crippen LogP contribution in [-0.4, -0.2) is 44.8 Å². The van der Waals surface area contributed by atoms with Gasteiger partial charge < -0.3 is 25.0 Å². The molecule has 150 valence electrons. The minimum Gasteiger partial charge on any atom is -0.486 e. The molecule has 0 aromatic heterocycles. The van der Waals surface area contributed by atoms with Crippen molar-refractivity contribution in [3.8, 4) is 11.5 Å². The summed E-state index contributed by atoms with van der Waals surface area (Å²) in [4.78, 5) is 14.5. The predicted octanol–water partition coefficient (Wildman–Crippen LogP) is 3.43. The molecule has 0 aliphatic carbocycles. The Kier molecular flexibility index (Phi) is 6.41. The molecule has 1 aliphatic rings. The number of carbonyl (C=O) groups excluding carboxylic acids is 1. The number of urea groups is 1. The molecule has 3 rings (SSSR count). The summed E-state index contributed by atoms with van der Waals surface area (Å²) >= 11 is 0. The van der Waals surface area contributed by atoms with Gasteiger partial charge in [0.15, 0.2) is 11.5 Å². The molecule has 0 radical (unpaired) electrons. The summed E-state index contributed by atoms with van der Waals surface area (Å²) in [7, 11) is 4.03. The third kappa shape index (κ3) is 4.95. The molecule has 0 spiro atoms. The van der Waals surface area contributed by atoms with Crippen LogP contribution in [0.3, 0.4) is 0 Å². The number of aryl methyl sites for hydroxylation is 1. The monoisotopic (exact) mass is 383 g/mol. The van der Waals surface area contributed by atoms with E-state index in [0.717, 1.165) is 17.1 Å². The smallest absolute Gasteiger partial charge is 0.315 e. The Labute approximate surface area is 166 Å². The summed E-state index contributed by atoms with van der Waals surface area (Å²) < 4.78 is 11.2. The molecule has 28 heavy (non-hydrogen) atoms. The van der Waals surface area contributed by atoms with E-state index in [-0.39, 0.29) is 18.1 Å². The number of likely N-dealkylation sites (N-methyl/N-ethyl adjacent to an activating group) is 1. The molecule has 2 aromatic rings. The maximum Gasteiger partial charge on any atom is 0.315 e. The van der Waals surface area contributed by atoms with Crippen molar-refractivity contribution in [1.82, 2.24) is 15.5 Å². The summed E-state index contributed by atoms with van der Waals surface area (Å²) in [6.45, 7) is 5.66. The van der Waals surface area contributed by atoms with Gasteiger partial charge in [-0.15, -0.1) is 0 Å². The van der Waals surface area contributed by atoms with E-state index in [1.807, 2.05) is 39.2 Å². The molecular weight excluding hydrogens is 354 g/mol. The van der Waals surface area contributed by atoms with Gasteiger partial charge in [0.05, 0.1) is 12.1 Å². The zero-order chi connectivity index (χ0) is 20.1. The van der Waals surface area contributed by atoms with E-state index in [2.05, 4.69) is 46.7 Å². The molecule has 6 nitrogen and oxygen atoms in total. The maximum atomic E-state index is 12.4. The van der Waals surface area contributed by atoms with Crippen molar-refractivity contribution in [1.29, 1.82) is 0 Å². The Balaban J connectivity index is 1.57. The number of rotatable bonds is 6. The van der Waals surface area contributed by atoms with E-state index in [0.29, 0.717) is 19.8 Å². The summed E-state index contributed by atoms with van der Waals surface area (Å²) in [6.07, 6.45) is 0. The van der Waals surface area contributed by atoms with E-state index < -0.39 is 0 Å². The second kappa shape index (κ2) is 8.97. The van der Waals surface area contributed by atoms with Crippen LogP contribution < -0.4 is 20.1 Å². The van der Waals surface area contributed by atoms with Crippen molar-refractivity contribution in [2.75, 3.05) is 33.9 Å². The SMILES string of the molecule is Cc1ccc(C(CNC(=O)NC(C)c2ccc3c(c2)OCCO3)N(C)C)cc1. The molecule has 0 bridgehead atoms. The first-order valence-electron chi connectivity index (χ1n) is 9.61. The zero-order valence-electron chi connectivity index (χ0n) is 17.0. The van der Waals surface area contributed by atoms with Crippen LogP contribution in [0.25, 0.3) is 0 Å². The van der Waals surface area contributed by atoms with Gasteiger partial charge in [0.2, 0.25) is 0 Å². The number of nitrogens with zero attached hydrogens (tertiary/aromatic N) is 1. The quantitative estimate of drug-likeness (QED) is 0.802.